The lowest BCUT2D eigenvalue weighted by Gasteiger charge is -2.16. The van der Waals surface area contributed by atoms with E-state index in [-0.39, 0.29) is 0 Å². The molecule has 100 valence electrons. The Morgan fingerprint density at radius 3 is 2.68 bits per heavy atom. The number of halogens is 1. The number of aromatic nitrogens is 2. The topological polar surface area (TPSA) is 41.1 Å². The van der Waals surface area contributed by atoms with Gasteiger partial charge >= 0.3 is 0 Å². The summed E-state index contributed by atoms with van der Waals surface area (Å²) < 4.78 is 0. The molecule has 0 spiro atoms. The Hall–Kier alpha value is -1.65. The number of nitrogens with zero attached hydrogens (tertiary/aromatic N) is 3. The lowest BCUT2D eigenvalue weighted by molar-refractivity contribution is 0.314. The van der Waals surface area contributed by atoms with Crippen LogP contribution >= 0.6 is 11.6 Å². The smallest absolute Gasteiger partial charge is 0.144 e. The zero-order valence-corrected chi connectivity index (χ0v) is 11.9. The molecule has 0 atom stereocenters. The first-order valence-electron chi connectivity index (χ1n) is 6.09. The fourth-order valence-corrected chi connectivity index (χ4v) is 2.06. The van der Waals surface area contributed by atoms with Crippen LogP contribution < -0.4 is 5.32 Å². The minimum absolute atomic E-state index is 0.753. The fraction of sp³-hybridized carbons (Fsp3) is 0.286. The molecule has 19 heavy (non-hydrogen) atoms. The van der Waals surface area contributed by atoms with E-state index < -0.39 is 0 Å². The van der Waals surface area contributed by atoms with Crippen molar-refractivity contribution in [3.63, 3.8) is 0 Å². The molecule has 0 saturated carbocycles. The lowest BCUT2D eigenvalue weighted by Crippen LogP contribution is -2.18. The van der Waals surface area contributed by atoms with Gasteiger partial charge in [-0.1, -0.05) is 23.7 Å². The average Bonchev–Trinajstić information content (AvgIpc) is 2.39. The Bertz CT molecular complexity index is 527. The first-order valence-corrected chi connectivity index (χ1v) is 6.47. The summed E-state index contributed by atoms with van der Waals surface area (Å²) in [5.41, 5.74) is 2.14. The van der Waals surface area contributed by atoms with E-state index in [2.05, 4.69) is 33.3 Å². The van der Waals surface area contributed by atoms with E-state index >= 15 is 0 Å². The quantitative estimate of drug-likeness (QED) is 0.912. The highest BCUT2D eigenvalue weighted by molar-refractivity contribution is 6.30. The summed E-state index contributed by atoms with van der Waals surface area (Å²) in [5.74, 6) is 0.779. The van der Waals surface area contributed by atoms with Crippen LogP contribution in [-0.2, 0) is 13.1 Å². The van der Waals surface area contributed by atoms with Crippen LogP contribution in [0, 0.1) is 0 Å². The van der Waals surface area contributed by atoms with E-state index in [4.69, 9.17) is 11.6 Å². The van der Waals surface area contributed by atoms with Crippen LogP contribution in [0.15, 0.2) is 36.7 Å². The van der Waals surface area contributed by atoms with Gasteiger partial charge in [0.25, 0.3) is 0 Å². The van der Waals surface area contributed by atoms with Gasteiger partial charge in [-0.25, -0.2) is 4.98 Å². The largest absolute Gasteiger partial charge is 0.372 e. The lowest BCUT2D eigenvalue weighted by atomic mass is 10.2. The molecule has 0 unspecified atom stereocenters. The molecule has 0 aliphatic rings. The van der Waals surface area contributed by atoms with Crippen LogP contribution in [0.5, 0.6) is 0 Å². The molecule has 0 bridgehead atoms. The maximum Gasteiger partial charge on any atom is 0.144 e. The molecule has 0 aliphatic carbocycles. The predicted octanol–water partition coefficient (Wildman–Crippen LogP) is 2.80. The highest BCUT2D eigenvalue weighted by atomic mass is 35.5. The summed E-state index contributed by atoms with van der Waals surface area (Å²) in [5, 5.41) is 3.72. The van der Waals surface area contributed by atoms with Gasteiger partial charge in [-0.15, -0.1) is 0 Å². The molecule has 1 aromatic heterocycles. The van der Waals surface area contributed by atoms with Gasteiger partial charge < -0.3 is 5.32 Å². The molecule has 2 rings (SSSR count). The van der Waals surface area contributed by atoms with Crippen LogP contribution in [-0.4, -0.2) is 29.0 Å². The number of hydrogen-bond donors (Lipinski definition) is 1. The van der Waals surface area contributed by atoms with Crippen molar-refractivity contribution in [1.82, 2.24) is 14.9 Å². The Balaban J connectivity index is 1.95. The Labute approximate surface area is 118 Å². The minimum Gasteiger partial charge on any atom is -0.372 e. The zero-order valence-electron chi connectivity index (χ0n) is 11.1. The van der Waals surface area contributed by atoms with E-state index in [0.29, 0.717) is 0 Å². The Morgan fingerprint density at radius 1 is 1.21 bits per heavy atom. The van der Waals surface area contributed by atoms with E-state index in [9.17, 15) is 0 Å². The van der Waals surface area contributed by atoms with Crippen LogP contribution in [0.25, 0.3) is 0 Å². The van der Waals surface area contributed by atoms with Crippen molar-refractivity contribution >= 4 is 17.4 Å². The first kappa shape index (κ1) is 13.8. The molecule has 0 amide bonds. The van der Waals surface area contributed by atoms with Crippen LogP contribution in [0.3, 0.4) is 0 Å². The molecule has 0 aliphatic heterocycles. The standard InChI is InChI=1S/C14H17ClN4/c1-16-14-8-17-13(7-18-14)10-19(2)9-11-4-3-5-12(15)6-11/h3-8H,9-10H2,1-2H3,(H,16,18). The van der Waals surface area contributed by atoms with Crippen molar-refractivity contribution in [1.29, 1.82) is 0 Å². The molecule has 4 nitrogen and oxygen atoms in total. The van der Waals surface area contributed by atoms with E-state index in [1.807, 2.05) is 25.2 Å². The summed E-state index contributed by atoms with van der Waals surface area (Å²) in [7, 11) is 3.88. The monoisotopic (exact) mass is 276 g/mol. The average molecular weight is 277 g/mol. The molecule has 0 saturated heterocycles. The first-order chi connectivity index (χ1) is 9.17. The van der Waals surface area contributed by atoms with Gasteiger partial charge in [0.05, 0.1) is 18.1 Å². The normalized spacial score (nSPS) is 10.7. The Kier molecular flexibility index (Phi) is 4.71. The second-order valence-corrected chi connectivity index (χ2v) is 4.88. The molecule has 1 heterocycles. The number of rotatable bonds is 5. The van der Waals surface area contributed by atoms with Crippen LogP contribution in [0.2, 0.25) is 5.02 Å². The number of anilines is 1. The van der Waals surface area contributed by atoms with Crippen molar-refractivity contribution in [2.45, 2.75) is 13.1 Å². The highest BCUT2D eigenvalue weighted by Gasteiger charge is 2.04. The second kappa shape index (κ2) is 6.50. The SMILES string of the molecule is CNc1cnc(CN(C)Cc2cccc(Cl)c2)cn1. The van der Waals surface area contributed by atoms with Gasteiger partial charge in [-0.3, -0.25) is 9.88 Å². The predicted molar refractivity (Wildman–Crippen MR) is 78.2 cm³/mol. The molecule has 0 fully saturated rings. The van der Waals surface area contributed by atoms with Crippen molar-refractivity contribution in [2.75, 3.05) is 19.4 Å². The van der Waals surface area contributed by atoms with E-state index in [0.717, 1.165) is 29.6 Å². The number of hydrogen-bond acceptors (Lipinski definition) is 4. The number of nitrogens with one attached hydrogen (secondary N) is 1. The third-order valence-electron chi connectivity index (χ3n) is 2.73. The third kappa shape index (κ3) is 4.19. The van der Waals surface area contributed by atoms with E-state index in [1.165, 1.54) is 5.56 Å². The molecule has 0 radical (unpaired) electrons. The summed E-state index contributed by atoms with van der Waals surface area (Å²) in [6.45, 7) is 1.58. The van der Waals surface area contributed by atoms with Crippen LogP contribution in [0.4, 0.5) is 5.82 Å². The van der Waals surface area contributed by atoms with Gasteiger partial charge in [0.1, 0.15) is 5.82 Å². The zero-order chi connectivity index (χ0) is 13.7. The van der Waals surface area contributed by atoms with Gasteiger partial charge in [0.15, 0.2) is 0 Å². The van der Waals surface area contributed by atoms with Crippen molar-refractivity contribution < 1.29 is 0 Å². The highest BCUT2D eigenvalue weighted by Crippen LogP contribution is 2.13. The minimum atomic E-state index is 0.753. The summed E-state index contributed by atoms with van der Waals surface area (Å²) >= 11 is 5.97. The van der Waals surface area contributed by atoms with Crippen molar-refractivity contribution in [2.24, 2.45) is 0 Å². The van der Waals surface area contributed by atoms with E-state index in [1.54, 1.807) is 12.4 Å². The molecule has 1 N–H and O–H groups in total. The third-order valence-corrected chi connectivity index (χ3v) is 2.97. The summed E-state index contributed by atoms with van der Waals surface area (Å²) in [4.78, 5) is 10.8. The van der Waals surface area contributed by atoms with Gasteiger partial charge in [-0.05, 0) is 24.7 Å². The molecule has 1 aromatic carbocycles. The molecule has 5 heteroatoms. The van der Waals surface area contributed by atoms with Gasteiger partial charge in [0, 0.05) is 25.2 Å². The van der Waals surface area contributed by atoms with Gasteiger partial charge in [0.2, 0.25) is 0 Å². The number of benzene rings is 1. The molecular formula is C14H17ClN4. The molecule has 2 aromatic rings. The van der Waals surface area contributed by atoms with Crippen molar-refractivity contribution in [3.8, 4) is 0 Å². The second-order valence-electron chi connectivity index (χ2n) is 4.45. The molecular weight excluding hydrogens is 260 g/mol. The summed E-state index contributed by atoms with van der Waals surface area (Å²) in [6, 6.07) is 7.89. The summed E-state index contributed by atoms with van der Waals surface area (Å²) in [6.07, 6.45) is 3.53. The van der Waals surface area contributed by atoms with Crippen molar-refractivity contribution in [3.05, 3.63) is 52.9 Å². The van der Waals surface area contributed by atoms with Gasteiger partial charge in [-0.2, -0.15) is 0 Å². The Morgan fingerprint density at radius 2 is 2.05 bits per heavy atom. The maximum atomic E-state index is 5.97. The van der Waals surface area contributed by atoms with Crippen LogP contribution in [0.1, 0.15) is 11.3 Å². The fourth-order valence-electron chi connectivity index (χ4n) is 1.84. The maximum absolute atomic E-state index is 5.97.